The number of nitrogens with zero attached hydrogens (tertiary/aromatic N) is 2. The predicted molar refractivity (Wildman–Crippen MR) is 106 cm³/mol. The van der Waals surface area contributed by atoms with Crippen LogP contribution in [0, 0.1) is 5.92 Å². The summed E-state index contributed by atoms with van der Waals surface area (Å²) >= 11 is 0. The topological polar surface area (TPSA) is 23.6 Å². The number of carbonyl (C=O) groups is 1. The second-order valence-corrected chi connectivity index (χ2v) is 7.30. The smallest absolute Gasteiger partial charge is 0.246 e. The van der Waals surface area contributed by atoms with E-state index >= 15 is 0 Å². The van der Waals surface area contributed by atoms with Gasteiger partial charge < -0.3 is 4.90 Å². The van der Waals surface area contributed by atoms with Crippen molar-refractivity contribution >= 4 is 12.0 Å². The Morgan fingerprint density at radius 3 is 2.12 bits per heavy atom. The molecule has 0 bridgehead atoms. The molecule has 1 unspecified atom stereocenters. The molecule has 3 nitrogen and oxygen atoms in total. The minimum Gasteiger partial charge on any atom is -0.337 e. The Morgan fingerprint density at radius 1 is 0.885 bits per heavy atom. The number of piperazine rings is 1. The third-order valence-electron chi connectivity index (χ3n) is 5.45. The summed E-state index contributed by atoms with van der Waals surface area (Å²) in [5, 5.41) is 0. The Labute approximate surface area is 155 Å². The average molecular weight is 346 g/mol. The Hall–Kier alpha value is -2.39. The van der Waals surface area contributed by atoms with Gasteiger partial charge in [-0.25, -0.2) is 0 Å². The molecule has 4 rings (SSSR count). The maximum Gasteiger partial charge on any atom is 0.246 e. The lowest BCUT2D eigenvalue weighted by molar-refractivity contribution is -0.128. The van der Waals surface area contributed by atoms with Crippen molar-refractivity contribution in [3.63, 3.8) is 0 Å². The first-order chi connectivity index (χ1) is 12.8. The molecule has 2 aromatic rings. The van der Waals surface area contributed by atoms with Gasteiger partial charge in [-0.3, -0.25) is 9.69 Å². The molecular weight excluding hydrogens is 320 g/mol. The van der Waals surface area contributed by atoms with Crippen LogP contribution in [0.2, 0.25) is 0 Å². The van der Waals surface area contributed by atoms with Crippen molar-refractivity contribution in [1.82, 2.24) is 9.80 Å². The Kier molecular flexibility index (Phi) is 5.16. The van der Waals surface area contributed by atoms with E-state index in [2.05, 4.69) is 35.2 Å². The molecule has 1 aliphatic carbocycles. The quantitative estimate of drug-likeness (QED) is 0.764. The molecule has 2 fully saturated rings. The molecule has 134 valence electrons. The van der Waals surface area contributed by atoms with E-state index in [0.29, 0.717) is 6.04 Å². The Morgan fingerprint density at radius 2 is 1.50 bits per heavy atom. The second-order valence-electron chi connectivity index (χ2n) is 7.30. The van der Waals surface area contributed by atoms with Crippen LogP contribution >= 0.6 is 0 Å². The average Bonchev–Trinajstić information content (AvgIpc) is 3.53. The van der Waals surface area contributed by atoms with Gasteiger partial charge in [0.1, 0.15) is 0 Å². The van der Waals surface area contributed by atoms with Gasteiger partial charge in [0, 0.05) is 38.3 Å². The highest BCUT2D eigenvalue weighted by Gasteiger charge is 2.37. The lowest BCUT2D eigenvalue weighted by atomic mass is 10.00. The third kappa shape index (κ3) is 4.05. The van der Waals surface area contributed by atoms with Crippen molar-refractivity contribution in [3.8, 4) is 0 Å². The molecule has 1 amide bonds. The highest BCUT2D eigenvalue weighted by Crippen LogP contribution is 2.44. The third-order valence-corrected chi connectivity index (χ3v) is 5.45. The summed E-state index contributed by atoms with van der Waals surface area (Å²) in [6, 6.07) is 21.4. The summed E-state index contributed by atoms with van der Waals surface area (Å²) in [6.07, 6.45) is 6.28. The van der Waals surface area contributed by atoms with Gasteiger partial charge in [0.25, 0.3) is 0 Å². The fraction of sp³-hybridized carbons (Fsp3) is 0.348. The molecular formula is C23H26N2O. The number of benzene rings is 2. The number of hydrogen-bond acceptors (Lipinski definition) is 2. The highest BCUT2D eigenvalue weighted by molar-refractivity contribution is 5.91. The van der Waals surface area contributed by atoms with Crippen LogP contribution in [0.15, 0.2) is 66.7 Å². The summed E-state index contributed by atoms with van der Waals surface area (Å²) in [7, 11) is 0. The van der Waals surface area contributed by atoms with E-state index in [1.807, 2.05) is 41.3 Å². The largest absolute Gasteiger partial charge is 0.337 e. The van der Waals surface area contributed by atoms with Crippen molar-refractivity contribution < 1.29 is 4.79 Å². The predicted octanol–water partition coefficient (Wildman–Crippen LogP) is 4.00. The first-order valence-corrected chi connectivity index (χ1v) is 9.62. The van der Waals surface area contributed by atoms with Gasteiger partial charge in [-0.1, -0.05) is 60.7 Å². The standard InChI is InChI=1S/C23H26N2O/c26-22(14-11-19-7-3-1-4-8-19)24-15-17-25(18-16-24)23(21-12-13-21)20-9-5-2-6-10-20/h1-11,14,21,23H,12-13,15-18H2. The zero-order valence-corrected chi connectivity index (χ0v) is 15.1. The lowest BCUT2D eigenvalue weighted by Crippen LogP contribution is -2.49. The molecule has 1 saturated carbocycles. The van der Waals surface area contributed by atoms with Gasteiger partial charge in [-0.2, -0.15) is 0 Å². The molecule has 2 aliphatic rings. The van der Waals surface area contributed by atoms with E-state index in [4.69, 9.17) is 0 Å². The minimum absolute atomic E-state index is 0.121. The van der Waals surface area contributed by atoms with Gasteiger partial charge in [0.15, 0.2) is 0 Å². The van der Waals surface area contributed by atoms with Crippen LogP contribution in [-0.4, -0.2) is 41.9 Å². The van der Waals surface area contributed by atoms with E-state index in [1.54, 1.807) is 6.08 Å². The molecule has 0 aromatic heterocycles. The molecule has 0 N–H and O–H groups in total. The zero-order valence-electron chi connectivity index (χ0n) is 15.1. The van der Waals surface area contributed by atoms with Gasteiger partial charge in [-0.05, 0) is 36.0 Å². The molecule has 3 heteroatoms. The van der Waals surface area contributed by atoms with Gasteiger partial charge >= 0.3 is 0 Å². The van der Waals surface area contributed by atoms with Crippen LogP contribution in [0.5, 0.6) is 0 Å². The Bertz CT molecular complexity index is 744. The van der Waals surface area contributed by atoms with Crippen molar-refractivity contribution in [2.45, 2.75) is 18.9 Å². The van der Waals surface area contributed by atoms with Crippen molar-refractivity contribution in [3.05, 3.63) is 77.9 Å². The minimum atomic E-state index is 0.121. The number of rotatable bonds is 5. The van der Waals surface area contributed by atoms with Crippen LogP contribution in [0.3, 0.4) is 0 Å². The fourth-order valence-corrected chi connectivity index (χ4v) is 3.90. The summed E-state index contributed by atoms with van der Waals surface area (Å²) in [4.78, 5) is 17.0. The first-order valence-electron chi connectivity index (χ1n) is 9.62. The molecule has 26 heavy (non-hydrogen) atoms. The van der Waals surface area contributed by atoms with Crippen LogP contribution in [0.25, 0.3) is 6.08 Å². The van der Waals surface area contributed by atoms with Crippen molar-refractivity contribution in [2.75, 3.05) is 26.2 Å². The number of hydrogen-bond donors (Lipinski definition) is 0. The summed E-state index contributed by atoms with van der Waals surface area (Å²) in [6.45, 7) is 3.55. The highest BCUT2D eigenvalue weighted by atomic mass is 16.2. The van der Waals surface area contributed by atoms with Gasteiger partial charge in [-0.15, -0.1) is 0 Å². The molecule has 1 aliphatic heterocycles. The molecule has 1 atom stereocenters. The monoisotopic (exact) mass is 346 g/mol. The van der Waals surface area contributed by atoms with Gasteiger partial charge in [0.2, 0.25) is 5.91 Å². The maximum atomic E-state index is 12.5. The Balaban J connectivity index is 1.36. The van der Waals surface area contributed by atoms with Gasteiger partial charge in [0.05, 0.1) is 0 Å². The number of amides is 1. The lowest BCUT2D eigenvalue weighted by Gasteiger charge is -2.39. The summed E-state index contributed by atoms with van der Waals surface area (Å²) in [5.41, 5.74) is 2.50. The van der Waals surface area contributed by atoms with Crippen LogP contribution < -0.4 is 0 Å². The number of carbonyl (C=O) groups excluding carboxylic acids is 1. The van der Waals surface area contributed by atoms with E-state index in [-0.39, 0.29) is 5.91 Å². The SMILES string of the molecule is O=C(C=Cc1ccccc1)N1CCN(C(c2ccccc2)C2CC2)CC1. The van der Waals surface area contributed by atoms with E-state index in [9.17, 15) is 4.79 Å². The first kappa shape index (κ1) is 17.0. The van der Waals surface area contributed by atoms with Crippen LogP contribution in [-0.2, 0) is 4.79 Å². The molecule has 2 aromatic carbocycles. The maximum absolute atomic E-state index is 12.5. The molecule has 1 saturated heterocycles. The van der Waals surface area contributed by atoms with Crippen LogP contribution in [0.1, 0.15) is 30.0 Å². The molecule has 1 heterocycles. The van der Waals surface area contributed by atoms with Crippen molar-refractivity contribution in [1.29, 1.82) is 0 Å². The van der Waals surface area contributed by atoms with Crippen molar-refractivity contribution in [2.24, 2.45) is 5.92 Å². The molecule has 0 spiro atoms. The van der Waals surface area contributed by atoms with Crippen LogP contribution in [0.4, 0.5) is 0 Å². The normalized spacial score (nSPS) is 19.6. The van der Waals surface area contributed by atoms with E-state index in [0.717, 1.165) is 37.7 Å². The van der Waals surface area contributed by atoms with E-state index < -0.39 is 0 Å². The second kappa shape index (κ2) is 7.88. The van der Waals surface area contributed by atoms with E-state index in [1.165, 1.54) is 18.4 Å². The molecule has 0 radical (unpaired) electrons. The fourth-order valence-electron chi connectivity index (χ4n) is 3.90. The summed E-state index contributed by atoms with van der Waals surface area (Å²) in [5.74, 6) is 0.911. The zero-order chi connectivity index (χ0) is 17.8. The summed E-state index contributed by atoms with van der Waals surface area (Å²) < 4.78 is 0.